The molecule has 0 spiro atoms. The van der Waals surface area contributed by atoms with E-state index in [1.807, 2.05) is 29.2 Å². The number of hydrogen-bond donors (Lipinski definition) is 1. The van der Waals surface area contributed by atoms with Gasteiger partial charge >= 0.3 is 0 Å². The summed E-state index contributed by atoms with van der Waals surface area (Å²) in [5.41, 5.74) is 1.67. The summed E-state index contributed by atoms with van der Waals surface area (Å²) in [7, 11) is 1.61. The lowest BCUT2D eigenvalue weighted by Crippen LogP contribution is -2.49. The second-order valence-corrected chi connectivity index (χ2v) is 9.68. The lowest BCUT2D eigenvalue weighted by Gasteiger charge is -2.38. The topological polar surface area (TPSA) is 88.2 Å². The van der Waals surface area contributed by atoms with Gasteiger partial charge in [-0.05, 0) is 75.1 Å². The second kappa shape index (κ2) is 11.5. The first kappa shape index (κ1) is 25.5. The number of nitrogens with one attached hydrogen (secondary N) is 1. The molecule has 8 nitrogen and oxygen atoms in total. The fraction of sp³-hybridized carbons (Fsp3) is 0.464. The van der Waals surface area contributed by atoms with Crippen molar-refractivity contribution in [2.75, 3.05) is 25.2 Å². The molecule has 0 radical (unpaired) electrons. The Balaban J connectivity index is 1.27. The molecular formula is C28H35N3O5. The predicted octanol–water partition coefficient (Wildman–Crippen LogP) is 3.53. The Hall–Kier alpha value is -3.55. The molecule has 3 amide bonds. The Kier molecular flexibility index (Phi) is 8.13. The van der Waals surface area contributed by atoms with E-state index in [0.717, 1.165) is 30.6 Å². The summed E-state index contributed by atoms with van der Waals surface area (Å²) in [4.78, 5) is 41.5. The van der Waals surface area contributed by atoms with Gasteiger partial charge in [-0.3, -0.25) is 14.4 Å². The molecule has 0 unspecified atom stereocenters. The van der Waals surface area contributed by atoms with Gasteiger partial charge in [0.15, 0.2) is 6.61 Å². The summed E-state index contributed by atoms with van der Waals surface area (Å²) >= 11 is 0. The molecular weight excluding hydrogens is 458 g/mol. The average molecular weight is 494 g/mol. The van der Waals surface area contributed by atoms with Crippen LogP contribution in [0.25, 0.3) is 0 Å². The summed E-state index contributed by atoms with van der Waals surface area (Å²) < 4.78 is 10.9. The summed E-state index contributed by atoms with van der Waals surface area (Å²) in [6.07, 6.45) is 3.37. The zero-order valence-corrected chi connectivity index (χ0v) is 21.2. The van der Waals surface area contributed by atoms with Crippen molar-refractivity contribution in [1.82, 2.24) is 10.2 Å². The molecule has 4 rings (SSSR count). The Morgan fingerprint density at radius 1 is 0.972 bits per heavy atom. The number of likely N-dealkylation sites (tertiary alicyclic amines) is 1. The molecule has 3 atom stereocenters. The van der Waals surface area contributed by atoms with Crippen molar-refractivity contribution in [2.45, 2.75) is 58.2 Å². The molecule has 0 bridgehead atoms. The highest BCUT2D eigenvalue weighted by Crippen LogP contribution is 2.28. The number of rotatable bonds is 8. The van der Waals surface area contributed by atoms with Crippen molar-refractivity contribution in [3.05, 3.63) is 54.1 Å². The molecule has 0 aliphatic carbocycles. The van der Waals surface area contributed by atoms with Crippen molar-refractivity contribution in [3.8, 4) is 11.5 Å². The van der Waals surface area contributed by atoms with Gasteiger partial charge in [0.25, 0.3) is 5.91 Å². The van der Waals surface area contributed by atoms with Crippen molar-refractivity contribution in [2.24, 2.45) is 5.92 Å². The Morgan fingerprint density at radius 2 is 1.61 bits per heavy atom. The van der Waals surface area contributed by atoms with Gasteiger partial charge in [-0.15, -0.1) is 0 Å². The van der Waals surface area contributed by atoms with Crippen molar-refractivity contribution >= 4 is 23.4 Å². The van der Waals surface area contributed by atoms with Crippen LogP contribution in [0.2, 0.25) is 0 Å². The third kappa shape index (κ3) is 5.98. The number of benzene rings is 2. The van der Waals surface area contributed by atoms with Gasteiger partial charge in [0.05, 0.1) is 13.0 Å². The number of anilines is 1. The fourth-order valence-corrected chi connectivity index (χ4v) is 5.06. The molecule has 2 heterocycles. The maximum atomic E-state index is 12.7. The molecule has 0 aromatic heterocycles. The minimum Gasteiger partial charge on any atom is -0.497 e. The van der Waals surface area contributed by atoms with Crippen molar-refractivity contribution < 1.29 is 23.9 Å². The van der Waals surface area contributed by atoms with Crippen molar-refractivity contribution in [1.29, 1.82) is 0 Å². The normalized spacial score (nSPS) is 21.9. The predicted molar refractivity (Wildman–Crippen MR) is 137 cm³/mol. The number of hydrogen-bond acceptors (Lipinski definition) is 5. The van der Waals surface area contributed by atoms with Crippen LogP contribution in [0.5, 0.6) is 11.5 Å². The third-order valence-electron chi connectivity index (χ3n) is 7.11. The van der Waals surface area contributed by atoms with Crippen molar-refractivity contribution in [3.63, 3.8) is 0 Å². The van der Waals surface area contributed by atoms with Gasteiger partial charge in [-0.25, -0.2) is 0 Å². The number of methoxy groups -OCH3 is 1. The molecule has 0 saturated carbocycles. The standard InChI is InChI=1S/C28H35N3O5/c1-19-5-4-6-20(2)31(19)27(33)18-36-25-13-9-23(10-14-25)30-17-22(15-26(30)32)28(34)29-16-21-7-11-24(35-3)12-8-21/h7-14,19-20,22H,4-6,15-18H2,1-3H3,(H,29,34)/t19-,20-,22-/m0/s1. The number of piperidine rings is 1. The minimum absolute atomic E-state index is 0.00279. The first-order valence-electron chi connectivity index (χ1n) is 12.6. The van der Waals surface area contributed by atoms with Crippen LogP contribution in [0.3, 0.4) is 0 Å². The molecule has 192 valence electrons. The quantitative estimate of drug-likeness (QED) is 0.608. The summed E-state index contributed by atoms with van der Waals surface area (Å²) in [5.74, 6) is 0.703. The van der Waals surface area contributed by atoms with E-state index >= 15 is 0 Å². The molecule has 36 heavy (non-hydrogen) atoms. The minimum atomic E-state index is -0.405. The van der Waals surface area contributed by atoms with Gasteiger partial charge in [0, 0.05) is 37.3 Å². The van der Waals surface area contributed by atoms with E-state index in [4.69, 9.17) is 9.47 Å². The molecule has 2 aliphatic rings. The monoisotopic (exact) mass is 493 g/mol. The molecule has 2 aliphatic heterocycles. The van der Waals surface area contributed by atoms with Crippen LogP contribution in [0.1, 0.15) is 45.1 Å². The highest BCUT2D eigenvalue weighted by atomic mass is 16.5. The first-order valence-corrected chi connectivity index (χ1v) is 12.6. The maximum Gasteiger partial charge on any atom is 0.260 e. The number of ether oxygens (including phenoxy) is 2. The van der Waals surface area contributed by atoms with Crippen LogP contribution in [0, 0.1) is 5.92 Å². The Labute approximate surface area is 212 Å². The van der Waals surface area contributed by atoms with E-state index in [0.29, 0.717) is 24.5 Å². The average Bonchev–Trinajstić information content (AvgIpc) is 3.28. The zero-order valence-electron chi connectivity index (χ0n) is 21.2. The molecule has 1 N–H and O–H groups in total. The van der Waals surface area contributed by atoms with Gasteiger partial charge in [0.2, 0.25) is 11.8 Å². The fourth-order valence-electron chi connectivity index (χ4n) is 5.06. The van der Waals surface area contributed by atoms with E-state index in [1.165, 1.54) is 0 Å². The number of carbonyl (C=O) groups is 3. The molecule has 2 aromatic carbocycles. The Morgan fingerprint density at radius 3 is 2.25 bits per heavy atom. The lowest BCUT2D eigenvalue weighted by atomic mass is 9.97. The first-order chi connectivity index (χ1) is 17.4. The van der Waals surface area contributed by atoms with Gasteiger partial charge in [0.1, 0.15) is 11.5 Å². The zero-order chi connectivity index (χ0) is 25.7. The van der Waals surface area contributed by atoms with Crippen LogP contribution < -0.4 is 19.7 Å². The summed E-state index contributed by atoms with van der Waals surface area (Å²) in [6, 6.07) is 15.1. The van der Waals surface area contributed by atoms with Crippen LogP contribution in [-0.4, -0.2) is 55.0 Å². The number of nitrogens with zero attached hydrogens (tertiary/aromatic N) is 2. The van der Waals surface area contributed by atoms with Crippen LogP contribution in [0.4, 0.5) is 5.69 Å². The van der Waals surface area contributed by atoms with Crippen LogP contribution in [-0.2, 0) is 20.9 Å². The summed E-state index contributed by atoms with van der Waals surface area (Å²) in [6.45, 7) is 4.89. The van der Waals surface area contributed by atoms with Crippen LogP contribution in [0.15, 0.2) is 48.5 Å². The lowest BCUT2D eigenvalue weighted by molar-refractivity contribution is -0.139. The van der Waals surface area contributed by atoms with E-state index < -0.39 is 5.92 Å². The summed E-state index contributed by atoms with van der Waals surface area (Å²) in [5, 5.41) is 2.93. The molecule has 2 aromatic rings. The van der Waals surface area contributed by atoms with Crippen LogP contribution >= 0.6 is 0 Å². The molecule has 8 heteroatoms. The van der Waals surface area contributed by atoms with Gasteiger partial charge < -0.3 is 24.6 Å². The number of amides is 3. The largest absolute Gasteiger partial charge is 0.497 e. The molecule has 2 saturated heterocycles. The van der Waals surface area contributed by atoms with E-state index in [9.17, 15) is 14.4 Å². The second-order valence-electron chi connectivity index (χ2n) is 9.68. The van der Waals surface area contributed by atoms with Gasteiger partial charge in [-0.2, -0.15) is 0 Å². The third-order valence-corrected chi connectivity index (χ3v) is 7.11. The SMILES string of the molecule is COc1ccc(CNC(=O)[C@H]2CC(=O)N(c3ccc(OCC(=O)N4[C@@H](C)CCC[C@@H]4C)cc3)C2)cc1. The van der Waals surface area contributed by atoms with E-state index in [2.05, 4.69) is 19.2 Å². The Bertz CT molecular complexity index is 1060. The molecule has 2 fully saturated rings. The number of carbonyl (C=O) groups excluding carboxylic acids is 3. The van der Waals surface area contributed by atoms with E-state index in [-0.39, 0.29) is 42.8 Å². The maximum absolute atomic E-state index is 12.7. The highest BCUT2D eigenvalue weighted by Gasteiger charge is 2.35. The van der Waals surface area contributed by atoms with E-state index in [1.54, 1.807) is 36.3 Å². The highest BCUT2D eigenvalue weighted by molar-refractivity contribution is 6.00. The van der Waals surface area contributed by atoms with Gasteiger partial charge in [-0.1, -0.05) is 12.1 Å². The smallest absolute Gasteiger partial charge is 0.260 e.